The Bertz CT molecular complexity index is 3660. The second-order valence-corrected chi connectivity index (χ2v) is 20.8. The fraction of sp³-hybridized carbons (Fsp3) is 0. The molecule has 0 unspecified atom stereocenters. The number of anilines is 6. The second-order valence-electron chi connectivity index (χ2n) is 18.7. The summed E-state index contributed by atoms with van der Waals surface area (Å²) in [7, 11) is 0. The SMILES string of the molecule is c1ccc(-c2cc(-c3cc(-c4cc(-c5cc(-c6ccccc6)nc(-c6ccccc6)n5)cc(N5c6ccccc6Sc6ccccc65)c4)cc(N4c5ccccc5Sc5ccccc54)c3)nc(-c3ccccc3)n2)cc1. The molecule has 358 valence electrons. The monoisotopic (exact) mass is 1010 g/mol. The third-order valence-corrected chi connectivity index (χ3v) is 16.1. The first-order valence-electron chi connectivity index (χ1n) is 25.3. The van der Waals surface area contributed by atoms with Crippen LogP contribution in [0.25, 0.3) is 78.9 Å². The van der Waals surface area contributed by atoms with Gasteiger partial charge in [0.15, 0.2) is 11.6 Å². The Morgan fingerprint density at radius 3 is 0.816 bits per heavy atom. The minimum atomic E-state index is 0.658. The van der Waals surface area contributed by atoms with Crippen LogP contribution in [0.15, 0.2) is 287 Å². The molecule has 0 N–H and O–H groups in total. The normalized spacial score (nSPS) is 12.3. The molecule has 10 aromatic carbocycles. The molecule has 0 bridgehead atoms. The predicted octanol–water partition coefficient (Wildman–Crippen LogP) is 18.8. The number of hydrogen-bond donors (Lipinski definition) is 0. The Hall–Kier alpha value is -9.34. The lowest BCUT2D eigenvalue weighted by atomic mass is 9.95. The van der Waals surface area contributed by atoms with Gasteiger partial charge in [0.2, 0.25) is 0 Å². The third-order valence-electron chi connectivity index (χ3n) is 13.8. The summed E-state index contributed by atoms with van der Waals surface area (Å²) in [5.41, 5.74) is 17.6. The zero-order valence-electron chi connectivity index (χ0n) is 40.9. The molecule has 0 fully saturated rings. The Morgan fingerprint density at radius 2 is 0.487 bits per heavy atom. The van der Waals surface area contributed by atoms with Gasteiger partial charge in [0.1, 0.15) is 0 Å². The average Bonchev–Trinajstić information content (AvgIpc) is 3.56. The fourth-order valence-corrected chi connectivity index (χ4v) is 12.3. The van der Waals surface area contributed by atoms with Crippen molar-refractivity contribution in [2.24, 2.45) is 0 Å². The molecule has 0 saturated carbocycles. The molecule has 6 nitrogen and oxygen atoms in total. The van der Waals surface area contributed by atoms with Crippen LogP contribution in [0.1, 0.15) is 0 Å². The fourth-order valence-electron chi connectivity index (χ4n) is 10.2. The Balaban J connectivity index is 1.05. The van der Waals surface area contributed by atoms with Gasteiger partial charge in [-0.3, -0.25) is 0 Å². The molecule has 2 aliphatic rings. The summed E-state index contributed by atoms with van der Waals surface area (Å²) in [6, 6.07) is 94.3. The maximum Gasteiger partial charge on any atom is 0.160 e. The number of para-hydroxylation sites is 4. The van der Waals surface area contributed by atoms with Gasteiger partial charge in [-0.25, -0.2) is 19.9 Å². The van der Waals surface area contributed by atoms with Crippen molar-refractivity contribution in [3.05, 3.63) is 267 Å². The van der Waals surface area contributed by atoms with Crippen LogP contribution in [0.2, 0.25) is 0 Å². The molecule has 0 amide bonds. The lowest BCUT2D eigenvalue weighted by Gasteiger charge is -2.34. The molecular formula is C68H44N6S2. The van der Waals surface area contributed by atoms with Crippen molar-refractivity contribution >= 4 is 57.6 Å². The molecule has 0 radical (unpaired) electrons. The van der Waals surface area contributed by atoms with Gasteiger partial charge in [-0.1, -0.05) is 193 Å². The summed E-state index contributed by atoms with van der Waals surface area (Å²) >= 11 is 3.61. The lowest BCUT2D eigenvalue weighted by molar-refractivity contribution is 1.16. The van der Waals surface area contributed by atoms with Gasteiger partial charge in [0.25, 0.3) is 0 Å². The highest BCUT2D eigenvalue weighted by atomic mass is 32.2. The molecule has 8 heteroatoms. The van der Waals surface area contributed by atoms with Crippen molar-refractivity contribution in [1.82, 2.24) is 19.9 Å². The van der Waals surface area contributed by atoms with Crippen molar-refractivity contribution in [1.29, 1.82) is 0 Å². The summed E-state index contributed by atoms with van der Waals surface area (Å²) in [6.07, 6.45) is 0. The van der Waals surface area contributed by atoms with Crippen molar-refractivity contribution in [3.8, 4) is 78.9 Å². The van der Waals surface area contributed by atoms with Crippen molar-refractivity contribution in [3.63, 3.8) is 0 Å². The standard InChI is InChI=1S/C68H44N6S2/c1-5-21-45(22-6-1)55-43-57(71-67(69-55)47-25-9-3-10-26-47)51-37-49(39-53(41-51)73-59-29-13-17-33-63(59)75-64-34-18-14-30-60(64)73)50-38-52(42-54(40-50)74-61-31-15-19-35-65(61)76-66-36-20-16-32-62(66)74)58-44-56(46-23-7-2-8-24-46)70-68(72-58)48-27-11-4-12-28-48/h1-44H. The van der Waals surface area contributed by atoms with Gasteiger partial charge >= 0.3 is 0 Å². The molecule has 2 aliphatic heterocycles. The number of benzene rings is 10. The van der Waals surface area contributed by atoms with Crippen LogP contribution < -0.4 is 9.80 Å². The summed E-state index contributed by atoms with van der Waals surface area (Å²) in [5, 5.41) is 0. The van der Waals surface area contributed by atoms with E-state index in [2.05, 4.69) is 228 Å². The van der Waals surface area contributed by atoms with Gasteiger partial charge < -0.3 is 9.80 Å². The number of rotatable bonds is 9. The minimum Gasteiger partial charge on any atom is -0.308 e. The van der Waals surface area contributed by atoms with Crippen LogP contribution in [-0.4, -0.2) is 19.9 Å². The highest BCUT2D eigenvalue weighted by Crippen LogP contribution is 2.54. The van der Waals surface area contributed by atoms with E-state index >= 15 is 0 Å². The molecule has 2 aromatic heterocycles. The molecule has 14 rings (SSSR count). The lowest BCUT2D eigenvalue weighted by Crippen LogP contribution is -2.15. The number of nitrogens with zero attached hydrogens (tertiary/aromatic N) is 6. The molecule has 0 saturated heterocycles. The first kappa shape index (κ1) is 45.3. The summed E-state index contributed by atoms with van der Waals surface area (Å²) in [4.78, 5) is 30.8. The third kappa shape index (κ3) is 8.59. The average molecular weight is 1010 g/mol. The highest BCUT2D eigenvalue weighted by Gasteiger charge is 2.28. The van der Waals surface area contributed by atoms with E-state index in [4.69, 9.17) is 19.9 Å². The van der Waals surface area contributed by atoms with E-state index in [1.54, 1.807) is 23.5 Å². The van der Waals surface area contributed by atoms with Crippen molar-refractivity contribution in [2.75, 3.05) is 9.80 Å². The van der Waals surface area contributed by atoms with E-state index < -0.39 is 0 Å². The smallest absolute Gasteiger partial charge is 0.160 e. The van der Waals surface area contributed by atoms with Crippen LogP contribution in [0.4, 0.5) is 34.1 Å². The first-order valence-corrected chi connectivity index (χ1v) is 26.9. The number of hydrogen-bond acceptors (Lipinski definition) is 8. The quantitative estimate of drug-likeness (QED) is 0.142. The summed E-state index contributed by atoms with van der Waals surface area (Å²) in [6.45, 7) is 0. The molecule has 76 heavy (non-hydrogen) atoms. The highest BCUT2D eigenvalue weighted by molar-refractivity contribution is 8.00. The predicted molar refractivity (Wildman–Crippen MR) is 313 cm³/mol. The van der Waals surface area contributed by atoms with E-state index in [9.17, 15) is 0 Å². The minimum absolute atomic E-state index is 0.658. The van der Waals surface area contributed by atoms with E-state index in [0.29, 0.717) is 11.6 Å². The van der Waals surface area contributed by atoms with Gasteiger partial charge in [0.05, 0.1) is 45.5 Å². The molecule has 12 aromatic rings. The van der Waals surface area contributed by atoms with Crippen molar-refractivity contribution in [2.45, 2.75) is 19.6 Å². The molecule has 0 aliphatic carbocycles. The van der Waals surface area contributed by atoms with Gasteiger partial charge in [-0.05, 0) is 108 Å². The van der Waals surface area contributed by atoms with E-state index in [1.165, 1.54) is 19.6 Å². The van der Waals surface area contributed by atoms with E-state index in [1.807, 2.05) is 48.5 Å². The molecule has 0 atom stereocenters. The summed E-state index contributed by atoms with van der Waals surface area (Å²) in [5.74, 6) is 1.32. The first-order chi connectivity index (χ1) is 37.6. The largest absolute Gasteiger partial charge is 0.308 e. The summed E-state index contributed by atoms with van der Waals surface area (Å²) < 4.78 is 0. The van der Waals surface area contributed by atoms with Gasteiger partial charge in [0, 0.05) is 64.3 Å². The topological polar surface area (TPSA) is 58.0 Å². The second kappa shape index (κ2) is 19.5. The Morgan fingerprint density at radius 1 is 0.224 bits per heavy atom. The van der Waals surface area contributed by atoms with Crippen LogP contribution in [0, 0.1) is 0 Å². The van der Waals surface area contributed by atoms with E-state index in [-0.39, 0.29) is 0 Å². The molecule has 0 spiro atoms. The maximum atomic E-state index is 5.43. The Kier molecular flexibility index (Phi) is 11.6. The zero-order valence-corrected chi connectivity index (χ0v) is 42.5. The van der Waals surface area contributed by atoms with Crippen LogP contribution in [0.3, 0.4) is 0 Å². The molecule has 4 heterocycles. The van der Waals surface area contributed by atoms with Crippen molar-refractivity contribution < 1.29 is 0 Å². The van der Waals surface area contributed by atoms with Crippen LogP contribution in [0.5, 0.6) is 0 Å². The Labute approximate surface area is 450 Å². The number of fused-ring (bicyclic) bond motifs is 4. The molecular weight excluding hydrogens is 965 g/mol. The van der Waals surface area contributed by atoms with E-state index in [0.717, 1.165) is 101 Å². The number of aromatic nitrogens is 4. The zero-order chi connectivity index (χ0) is 50.4. The van der Waals surface area contributed by atoms with Crippen LogP contribution >= 0.6 is 23.5 Å². The van der Waals surface area contributed by atoms with Crippen LogP contribution in [-0.2, 0) is 0 Å². The van der Waals surface area contributed by atoms with Gasteiger partial charge in [-0.2, -0.15) is 0 Å². The van der Waals surface area contributed by atoms with Gasteiger partial charge in [-0.15, -0.1) is 0 Å². The maximum absolute atomic E-state index is 5.43.